The van der Waals surface area contributed by atoms with Crippen LogP contribution in [0.3, 0.4) is 0 Å². The molecule has 0 radical (unpaired) electrons. The first-order chi connectivity index (χ1) is 12.8. The molecule has 2 aromatic carbocycles. The van der Waals surface area contributed by atoms with Gasteiger partial charge in [0, 0.05) is 11.8 Å². The van der Waals surface area contributed by atoms with Gasteiger partial charge in [0.2, 0.25) is 0 Å². The molecule has 0 saturated heterocycles. The molecule has 0 saturated carbocycles. The number of ether oxygens (including phenoxy) is 1. The maximum absolute atomic E-state index is 5.34. The summed E-state index contributed by atoms with van der Waals surface area (Å²) in [4.78, 5) is 0. The molecule has 0 aliphatic carbocycles. The number of methoxy groups -OCH3 is 1. The summed E-state index contributed by atoms with van der Waals surface area (Å²) in [5.74, 6) is 5.14. The molecule has 0 amide bonds. The van der Waals surface area contributed by atoms with Crippen LogP contribution < -0.4 is 4.74 Å². The predicted octanol–water partition coefficient (Wildman–Crippen LogP) is 6.68. The second kappa shape index (κ2) is 9.62. The smallest absolute Gasteiger partial charge is 0.129 e. The fraction of sp³-hybridized carbons (Fsp3) is 0.360. The summed E-state index contributed by atoms with van der Waals surface area (Å²) in [6, 6.07) is 19.2. The number of rotatable bonds is 7. The van der Waals surface area contributed by atoms with Gasteiger partial charge in [0.25, 0.3) is 0 Å². The van der Waals surface area contributed by atoms with Gasteiger partial charge in [0.1, 0.15) is 13.8 Å². The van der Waals surface area contributed by atoms with Crippen molar-refractivity contribution in [3.05, 3.63) is 77.9 Å². The molecule has 1 nitrogen and oxygen atoms in total. The van der Waals surface area contributed by atoms with Crippen molar-refractivity contribution in [1.29, 1.82) is 0 Å². The van der Waals surface area contributed by atoms with Gasteiger partial charge in [-0.25, -0.2) is 0 Å². The molecule has 0 spiro atoms. The van der Waals surface area contributed by atoms with Crippen LogP contribution in [0.4, 0.5) is 0 Å². The van der Waals surface area contributed by atoms with E-state index < -0.39 is 8.07 Å². The Hall–Kier alpha value is -2.24. The fourth-order valence-corrected chi connectivity index (χ4v) is 3.84. The first-order valence-corrected chi connectivity index (χ1v) is 13.1. The maximum atomic E-state index is 5.34. The zero-order valence-corrected chi connectivity index (χ0v) is 18.4. The Kier molecular flexibility index (Phi) is 7.51. The quantitative estimate of drug-likeness (QED) is 0.297. The lowest BCUT2D eigenvalue weighted by Crippen LogP contribution is -2.17. The van der Waals surface area contributed by atoms with Crippen LogP contribution in [0.5, 0.6) is 5.75 Å². The van der Waals surface area contributed by atoms with Gasteiger partial charge in [-0.3, -0.25) is 0 Å². The third-order valence-electron chi connectivity index (χ3n) is 4.49. The van der Waals surface area contributed by atoms with Crippen LogP contribution in [0.25, 0.3) is 0 Å². The molecule has 2 aromatic rings. The van der Waals surface area contributed by atoms with Crippen LogP contribution in [0.2, 0.25) is 19.6 Å². The minimum absolute atomic E-state index is 0.317. The summed E-state index contributed by atoms with van der Waals surface area (Å²) in [5.41, 5.74) is 7.43. The molecule has 0 bridgehead atoms. The Bertz CT molecular complexity index is 788. The third-order valence-corrected chi connectivity index (χ3v) is 5.38. The van der Waals surface area contributed by atoms with Crippen molar-refractivity contribution in [2.45, 2.75) is 45.3 Å². The standard InChI is InChI=1S/C25H32OSi/c1-20(2)18-21(16-17-27(4,5)6)19-25(22-10-8-7-9-11-22)23-12-14-24(26-3)15-13-23/h7-15,21,25H,1,18-19H2,2-6H3. The molecule has 27 heavy (non-hydrogen) atoms. The van der Waals surface area contributed by atoms with Crippen molar-refractivity contribution in [2.75, 3.05) is 7.11 Å². The Balaban J connectivity index is 2.38. The van der Waals surface area contributed by atoms with Crippen LogP contribution >= 0.6 is 0 Å². The minimum Gasteiger partial charge on any atom is -0.497 e. The van der Waals surface area contributed by atoms with Gasteiger partial charge < -0.3 is 4.74 Å². The molecule has 0 N–H and O–H groups in total. The summed E-state index contributed by atoms with van der Waals surface area (Å²) in [5, 5.41) is 0. The van der Waals surface area contributed by atoms with Gasteiger partial charge in [-0.1, -0.05) is 67.7 Å². The third kappa shape index (κ3) is 7.11. The zero-order chi connectivity index (χ0) is 19.9. The molecule has 2 heteroatoms. The van der Waals surface area contributed by atoms with E-state index in [0.29, 0.717) is 11.8 Å². The summed E-state index contributed by atoms with van der Waals surface area (Å²) in [7, 11) is 0.307. The van der Waals surface area contributed by atoms with E-state index in [1.165, 1.54) is 16.7 Å². The van der Waals surface area contributed by atoms with E-state index in [9.17, 15) is 0 Å². The van der Waals surface area contributed by atoms with Crippen LogP contribution in [0.1, 0.15) is 36.8 Å². The maximum Gasteiger partial charge on any atom is 0.129 e. The molecular weight excluding hydrogens is 344 g/mol. The predicted molar refractivity (Wildman–Crippen MR) is 120 cm³/mol. The Morgan fingerprint density at radius 2 is 1.59 bits per heavy atom. The number of allylic oxidation sites excluding steroid dienone is 1. The van der Waals surface area contributed by atoms with Gasteiger partial charge in [-0.05, 0) is 43.0 Å². The highest BCUT2D eigenvalue weighted by Gasteiger charge is 2.20. The van der Waals surface area contributed by atoms with Crippen molar-refractivity contribution < 1.29 is 4.74 Å². The molecule has 0 aliphatic rings. The molecule has 0 heterocycles. The first kappa shape index (κ1) is 21.1. The Morgan fingerprint density at radius 3 is 2.11 bits per heavy atom. The van der Waals surface area contributed by atoms with Gasteiger partial charge in [-0.2, -0.15) is 0 Å². The minimum atomic E-state index is -1.40. The summed E-state index contributed by atoms with van der Waals surface area (Å²) < 4.78 is 5.34. The number of benzene rings is 2. The lowest BCUT2D eigenvalue weighted by Gasteiger charge is -2.22. The van der Waals surface area contributed by atoms with Crippen LogP contribution in [0.15, 0.2) is 66.7 Å². The van der Waals surface area contributed by atoms with Crippen molar-refractivity contribution in [3.8, 4) is 17.2 Å². The highest BCUT2D eigenvalue weighted by molar-refractivity contribution is 6.83. The average Bonchev–Trinajstić information content (AvgIpc) is 2.64. The lowest BCUT2D eigenvalue weighted by molar-refractivity contribution is 0.414. The second-order valence-corrected chi connectivity index (χ2v) is 13.1. The van der Waals surface area contributed by atoms with E-state index in [0.717, 1.165) is 18.6 Å². The molecule has 2 rings (SSSR count). The molecule has 142 valence electrons. The second-order valence-electron chi connectivity index (χ2n) is 8.35. The van der Waals surface area contributed by atoms with Crippen molar-refractivity contribution >= 4 is 8.07 Å². The van der Waals surface area contributed by atoms with Gasteiger partial charge in [0.05, 0.1) is 7.11 Å². The zero-order valence-electron chi connectivity index (χ0n) is 17.4. The van der Waals surface area contributed by atoms with E-state index in [-0.39, 0.29) is 0 Å². The van der Waals surface area contributed by atoms with Gasteiger partial charge in [0.15, 0.2) is 0 Å². The van der Waals surface area contributed by atoms with Crippen LogP contribution in [-0.4, -0.2) is 15.2 Å². The lowest BCUT2D eigenvalue weighted by atomic mass is 9.82. The van der Waals surface area contributed by atoms with E-state index >= 15 is 0 Å². The Labute approximate surface area is 166 Å². The average molecular weight is 377 g/mol. The molecule has 0 aromatic heterocycles. The van der Waals surface area contributed by atoms with Crippen LogP contribution in [0, 0.1) is 17.4 Å². The fourth-order valence-electron chi connectivity index (χ4n) is 3.20. The number of hydrogen-bond acceptors (Lipinski definition) is 1. The normalized spacial score (nSPS) is 13.2. The van der Waals surface area contributed by atoms with E-state index in [2.05, 4.69) is 87.1 Å². The summed E-state index contributed by atoms with van der Waals surface area (Å²) in [6.45, 7) is 13.2. The first-order valence-electron chi connectivity index (χ1n) is 9.64. The SMILES string of the molecule is C=C(C)CC(C#C[Si](C)(C)C)CC(c1ccccc1)c1ccc(OC)cc1. The molecule has 0 fully saturated rings. The summed E-state index contributed by atoms with van der Waals surface area (Å²) >= 11 is 0. The topological polar surface area (TPSA) is 9.23 Å². The van der Waals surface area contributed by atoms with E-state index in [4.69, 9.17) is 4.74 Å². The molecule has 2 atom stereocenters. The highest BCUT2D eigenvalue weighted by Crippen LogP contribution is 2.33. The largest absolute Gasteiger partial charge is 0.497 e. The van der Waals surface area contributed by atoms with Crippen molar-refractivity contribution in [2.24, 2.45) is 5.92 Å². The number of hydrogen-bond donors (Lipinski definition) is 0. The summed E-state index contributed by atoms with van der Waals surface area (Å²) in [6.07, 6.45) is 1.96. The molecule has 0 aliphatic heterocycles. The highest BCUT2D eigenvalue weighted by atomic mass is 28.3. The van der Waals surface area contributed by atoms with Gasteiger partial charge in [-0.15, -0.1) is 18.0 Å². The molecular formula is C25H32OSi. The van der Waals surface area contributed by atoms with Crippen molar-refractivity contribution in [1.82, 2.24) is 0 Å². The van der Waals surface area contributed by atoms with E-state index in [1.54, 1.807) is 7.11 Å². The monoisotopic (exact) mass is 376 g/mol. The van der Waals surface area contributed by atoms with Crippen molar-refractivity contribution in [3.63, 3.8) is 0 Å². The Morgan fingerprint density at radius 1 is 1.00 bits per heavy atom. The van der Waals surface area contributed by atoms with Gasteiger partial charge >= 0.3 is 0 Å². The van der Waals surface area contributed by atoms with E-state index in [1.807, 2.05) is 12.1 Å². The van der Waals surface area contributed by atoms with Crippen LogP contribution in [-0.2, 0) is 0 Å². The molecule has 2 unspecified atom stereocenters.